The first-order valence-electron chi connectivity index (χ1n) is 7.70. The van der Waals surface area contributed by atoms with E-state index in [2.05, 4.69) is 22.1 Å². The molecule has 3 heterocycles. The molecule has 24 heavy (non-hydrogen) atoms. The molecule has 0 aromatic carbocycles. The number of rotatable bonds is 4. The van der Waals surface area contributed by atoms with Crippen LogP contribution in [0.2, 0.25) is 0 Å². The van der Waals surface area contributed by atoms with Gasteiger partial charge in [-0.1, -0.05) is 11.8 Å². The second-order valence-electron chi connectivity index (χ2n) is 5.38. The molecule has 3 rings (SSSR count). The molecule has 122 valence electrons. The highest BCUT2D eigenvalue weighted by molar-refractivity contribution is 6.05. The monoisotopic (exact) mass is 324 g/mol. The Morgan fingerprint density at radius 3 is 3.04 bits per heavy atom. The predicted molar refractivity (Wildman–Crippen MR) is 87.5 cm³/mol. The molecule has 1 aliphatic heterocycles. The fourth-order valence-electron chi connectivity index (χ4n) is 2.47. The van der Waals surface area contributed by atoms with E-state index in [1.165, 1.54) is 4.90 Å². The molecule has 0 radical (unpaired) electrons. The number of anilines is 1. The summed E-state index contributed by atoms with van der Waals surface area (Å²) in [7, 11) is 0. The molecule has 2 aromatic heterocycles. The summed E-state index contributed by atoms with van der Waals surface area (Å²) in [6.07, 6.45) is 6.52. The number of imidazole rings is 1. The Morgan fingerprint density at radius 1 is 1.38 bits per heavy atom. The van der Waals surface area contributed by atoms with Crippen LogP contribution in [-0.4, -0.2) is 34.2 Å². The van der Waals surface area contributed by atoms with Crippen LogP contribution in [0.5, 0.6) is 0 Å². The number of fused-ring (bicyclic) bond motifs is 1. The summed E-state index contributed by atoms with van der Waals surface area (Å²) in [5.41, 5.74) is 1.50. The van der Waals surface area contributed by atoms with Gasteiger partial charge in [-0.3, -0.25) is 19.4 Å². The molecule has 1 saturated heterocycles. The zero-order valence-electron chi connectivity index (χ0n) is 13.0. The van der Waals surface area contributed by atoms with Gasteiger partial charge in [-0.2, -0.15) is 0 Å². The van der Waals surface area contributed by atoms with Crippen molar-refractivity contribution in [1.82, 2.24) is 14.7 Å². The highest BCUT2D eigenvalue weighted by Crippen LogP contribution is 2.19. The average Bonchev–Trinajstić information content (AvgIpc) is 2.98. The van der Waals surface area contributed by atoms with E-state index in [9.17, 15) is 14.4 Å². The van der Waals surface area contributed by atoms with Crippen LogP contribution in [0.4, 0.5) is 10.6 Å². The number of hydrogen-bond donors (Lipinski definition) is 1. The van der Waals surface area contributed by atoms with E-state index in [-0.39, 0.29) is 12.3 Å². The number of aromatic nitrogens is 2. The summed E-state index contributed by atoms with van der Waals surface area (Å²) < 4.78 is 1.78. The maximum absolute atomic E-state index is 11.9. The highest BCUT2D eigenvalue weighted by atomic mass is 16.2. The molecule has 1 fully saturated rings. The van der Waals surface area contributed by atoms with Crippen molar-refractivity contribution in [3.63, 3.8) is 0 Å². The quantitative estimate of drug-likeness (QED) is 0.525. The van der Waals surface area contributed by atoms with Crippen LogP contribution in [-0.2, 0) is 9.59 Å². The van der Waals surface area contributed by atoms with Crippen LogP contribution in [0.1, 0.15) is 31.2 Å². The van der Waals surface area contributed by atoms with Crippen LogP contribution in [0.3, 0.4) is 0 Å². The van der Waals surface area contributed by atoms with Gasteiger partial charge in [-0.05, 0) is 18.6 Å². The lowest BCUT2D eigenvalue weighted by atomic mass is 10.2. The van der Waals surface area contributed by atoms with Crippen LogP contribution >= 0.6 is 0 Å². The molecule has 7 heteroatoms. The minimum absolute atomic E-state index is 0.266. The van der Waals surface area contributed by atoms with Crippen molar-refractivity contribution in [3.05, 3.63) is 30.1 Å². The molecule has 0 spiro atoms. The summed E-state index contributed by atoms with van der Waals surface area (Å²) in [5.74, 6) is 6.41. The normalized spacial score (nSPS) is 14.2. The smallest absolute Gasteiger partial charge is 0.303 e. The third-order valence-electron chi connectivity index (χ3n) is 3.68. The van der Waals surface area contributed by atoms with Gasteiger partial charge in [-0.15, -0.1) is 0 Å². The number of nitrogens with one attached hydrogen (secondary N) is 1. The fraction of sp³-hybridized carbons (Fsp3) is 0.294. The summed E-state index contributed by atoms with van der Waals surface area (Å²) in [5, 5.41) is 2.30. The minimum atomic E-state index is -0.438. The van der Waals surface area contributed by atoms with Crippen molar-refractivity contribution in [3.8, 4) is 11.8 Å². The van der Waals surface area contributed by atoms with Crippen molar-refractivity contribution >= 4 is 29.7 Å². The second kappa shape index (κ2) is 6.96. The van der Waals surface area contributed by atoms with Crippen molar-refractivity contribution < 1.29 is 14.4 Å². The van der Waals surface area contributed by atoms with Crippen LogP contribution in [0.15, 0.2) is 24.5 Å². The van der Waals surface area contributed by atoms with E-state index in [1.54, 1.807) is 16.8 Å². The third-order valence-corrected chi connectivity index (χ3v) is 3.68. The lowest BCUT2D eigenvalue weighted by molar-refractivity contribution is -0.120. The van der Waals surface area contributed by atoms with Gasteiger partial charge in [0.05, 0.1) is 6.20 Å². The van der Waals surface area contributed by atoms with Gasteiger partial charge in [0.15, 0.2) is 0 Å². The lowest BCUT2D eigenvalue weighted by Crippen LogP contribution is -2.50. The lowest BCUT2D eigenvalue weighted by Gasteiger charge is -2.25. The number of carbonyl (C=O) groups excluding carboxylic acids is 3. The van der Waals surface area contributed by atoms with Crippen molar-refractivity contribution in [2.45, 2.75) is 25.7 Å². The molecule has 0 bridgehead atoms. The minimum Gasteiger partial charge on any atom is -0.303 e. The summed E-state index contributed by atoms with van der Waals surface area (Å²) in [6.45, 7) is 0.330. The second-order valence-corrected chi connectivity index (χ2v) is 5.38. The Bertz CT molecular complexity index is 860. The van der Waals surface area contributed by atoms with E-state index in [1.807, 2.05) is 12.1 Å². The van der Waals surface area contributed by atoms with E-state index >= 15 is 0 Å². The average molecular weight is 324 g/mol. The van der Waals surface area contributed by atoms with Crippen LogP contribution in [0.25, 0.3) is 5.65 Å². The molecule has 1 N–H and O–H groups in total. The molecule has 1 aliphatic rings. The largest absolute Gasteiger partial charge is 0.329 e. The number of imide groups is 1. The van der Waals surface area contributed by atoms with Gasteiger partial charge >= 0.3 is 6.03 Å². The zero-order valence-corrected chi connectivity index (χ0v) is 13.0. The first-order valence-corrected chi connectivity index (χ1v) is 7.70. The third kappa shape index (κ3) is 3.27. The molecular formula is C17H16N4O3. The van der Waals surface area contributed by atoms with Gasteiger partial charge in [0.25, 0.3) is 0 Å². The first kappa shape index (κ1) is 15.7. The summed E-state index contributed by atoms with van der Waals surface area (Å²) in [6, 6.07) is 3.24. The zero-order chi connectivity index (χ0) is 16.9. The summed E-state index contributed by atoms with van der Waals surface area (Å²) in [4.78, 5) is 39.2. The van der Waals surface area contributed by atoms with E-state index in [0.717, 1.165) is 18.3 Å². The van der Waals surface area contributed by atoms with Gasteiger partial charge in [0, 0.05) is 37.6 Å². The molecular weight excluding hydrogens is 308 g/mol. The van der Waals surface area contributed by atoms with Gasteiger partial charge < -0.3 is 4.79 Å². The molecule has 0 saturated carbocycles. The number of carbonyl (C=O) groups is 3. The molecule has 7 nitrogen and oxygen atoms in total. The molecule has 0 unspecified atom stereocenters. The Balaban J connectivity index is 1.80. The Labute approximate surface area is 138 Å². The van der Waals surface area contributed by atoms with Crippen LogP contribution < -0.4 is 10.2 Å². The number of aldehydes is 1. The summed E-state index contributed by atoms with van der Waals surface area (Å²) >= 11 is 0. The molecule has 0 aliphatic carbocycles. The Kier molecular flexibility index (Phi) is 4.57. The topological polar surface area (TPSA) is 83.8 Å². The SMILES string of the molecule is O=CCCCC#Cc1ccn2c(N3CCC(=O)NC3=O)cnc2c1. The van der Waals surface area contributed by atoms with Gasteiger partial charge in [-0.25, -0.2) is 9.78 Å². The number of hydrogen-bond acceptors (Lipinski definition) is 4. The molecule has 2 aromatic rings. The number of pyridine rings is 1. The first-order chi connectivity index (χ1) is 11.7. The maximum Gasteiger partial charge on any atom is 0.329 e. The number of urea groups is 1. The standard InChI is InChI=1S/C17H16N4O3/c22-10-4-2-1-3-5-13-6-8-20-14(11-13)18-12-16(20)21-9-7-15(23)19-17(21)24/h6,8,10-12H,1-2,4,7,9H2,(H,19,23,24). The highest BCUT2D eigenvalue weighted by Gasteiger charge is 2.26. The molecule has 3 amide bonds. The Hall–Kier alpha value is -3.14. The van der Waals surface area contributed by atoms with Crippen molar-refractivity contribution in [2.75, 3.05) is 11.4 Å². The molecule has 0 atom stereocenters. The van der Waals surface area contributed by atoms with E-state index < -0.39 is 6.03 Å². The van der Waals surface area contributed by atoms with Crippen molar-refractivity contribution in [2.24, 2.45) is 0 Å². The predicted octanol–water partition coefficient (Wildman–Crippen LogP) is 1.50. The van der Waals surface area contributed by atoms with Gasteiger partial charge in [0.2, 0.25) is 5.91 Å². The Morgan fingerprint density at radius 2 is 2.25 bits per heavy atom. The fourth-order valence-corrected chi connectivity index (χ4v) is 2.47. The maximum atomic E-state index is 11.9. The number of unbranched alkanes of at least 4 members (excludes halogenated alkanes) is 2. The van der Waals surface area contributed by atoms with E-state index in [0.29, 0.717) is 30.9 Å². The number of nitrogens with zero attached hydrogens (tertiary/aromatic N) is 3. The van der Waals surface area contributed by atoms with Crippen molar-refractivity contribution in [1.29, 1.82) is 0 Å². The van der Waals surface area contributed by atoms with E-state index in [4.69, 9.17) is 0 Å². The van der Waals surface area contributed by atoms with Gasteiger partial charge in [0.1, 0.15) is 17.8 Å². The number of amides is 3. The van der Waals surface area contributed by atoms with Crippen LogP contribution in [0, 0.1) is 11.8 Å².